The number of phenolic OH excluding ortho intramolecular Hbond substituents is 1. The van der Waals surface area contributed by atoms with Gasteiger partial charge in [0.2, 0.25) is 0 Å². The average molecular weight is 387 g/mol. The van der Waals surface area contributed by atoms with Crippen LogP contribution in [0.4, 0.5) is 0 Å². The lowest BCUT2D eigenvalue weighted by atomic mass is 9.79. The average Bonchev–Trinajstić information content (AvgIpc) is 3.41. The van der Waals surface area contributed by atoms with Gasteiger partial charge in [0.1, 0.15) is 5.75 Å². The van der Waals surface area contributed by atoms with Gasteiger partial charge in [0.25, 0.3) is 0 Å². The molecular weight excluding hydrogens is 348 g/mol. The molecular formula is C25H38OS. The van der Waals surface area contributed by atoms with E-state index in [-0.39, 0.29) is 0 Å². The van der Waals surface area contributed by atoms with Crippen LogP contribution in [0.1, 0.15) is 118 Å². The monoisotopic (exact) mass is 386 g/mol. The molecule has 2 heteroatoms. The van der Waals surface area contributed by atoms with Crippen LogP contribution in [-0.2, 0) is 6.42 Å². The van der Waals surface area contributed by atoms with Crippen molar-refractivity contribution in [2.45, 2.75) is 113 Å². The van der Waals surface area contributed by atoms with Gasteiger partial charge in [-0.1, -0.05) is 76.3 Å². The quantitative estimate of drug-likeness (QED) is 0.535. The predicted octanol–water partition coefficient (Wildman–Crippen LogP) is 7.71. The Kier molecular flexibility index (Phi) is 7.08. The molecule has 1 heterocycles. The molecule has 0 bridgehead atoms. The minimum absolute atomic E-state index is 0.587. The first kappa shape index (κ1) is 19.7. The molecule has 1 aromatic rings. The van der Waals surface area contributed by atoms with Crippen LogP contribution in [0.3, 0.4) is 0 Å². The van der Waals surface area contributed by atoms with Gasteiger partial charge in [-0.25, -0.2) is 0 Å². The van der Waals surface area contributed by atoms with Gasteiger partial charge >= 0.3 is 0 Å². The maximum atomic E-state index is 11.4. The number of benzene rings is 1. The van der Waals surface area contributed by atoms with E-state index in [4.69, 9.17) is 0 Å². The molecule has 1 aromatic carbocycles. The van der Waals surface area contributed by atoms with Gasteiger partial charge in [0.15, 0.2) is 0 Å². The molecule has 1 aliphatic heterocycles. The van der Waals surface area contributed by atoms with Gasteiger partial charge in [-0.05, 0) is 60.6 Å². The topological polar surface area (TPSA) is 20.2 Å². The maximum absolute atomic E-state index is 11.4. The number of phenols is 1. The lowest BCUT2D eigenvalue weighted by Crippen LogP contribution is -2.09. The van der Waals surface area contributed by atoms with Gasteiger partial charge in [0, 0.05) is 11.0 Å². The molecule has 0 amide bonds. The molecule has 1 saturated heterocycles. The molecule has 0 radical (unpaired) electrons. The zero-order chi connectivity index (χ0) is 18.5. The van der Waals surface area contributed by atoms with Crippen molar-refractivity contribution >= 4 is 11.8 Å². The van der Waals surface area contributed by atoms with Gasteiger partial charge in [-0.2, -0.15) is 11.8 Å². The van der Waals surface area contributed by atoms with E-state index in [9.17, 15) is 5.11 Å². The number of rotatable bonds is 4. The first-order chi connectivity index (χ1) is 13.3. The summed E-state index contributed by atoms with van der Waals surface area (Å²) < 4.78 is 0. The Balaban J connectivity index is 1.63. The van der Waals surface area contributed by atoms with Crippen LogP contribution in [0, 0.1) is 0 Å². The van der Waals surface area contributed by atoms with E-state index in [1.165, 1.54) is 119 Å². The van der Waals surface area contributed by atoms with Crippen molar-refractivity contribution in [3.05, 3.63) is 28.8 Å². The molecule has 2 saturated carbocycles. The molecule has 0 aromatic heterocycles. The molecule has 0 spiro atoms. The molecule has 1 atom stereocenters. The Hall–Kier alpha value is -0.630. The third kappa shape index (κ3) is 5.46. The van der Waals surface area contributed by atoms with Gasteiger partial charge < -0.3 is 5.11 Å². The molecule has 1 unspecified atom stereocenters. The van der Waals surface area contributed by atoms with Crippen LogP contribution in [0.5, 0.6) is 5.75 Å². The van der Waals surface area contributed by atoms with Crippen LogP contribution < -0.4 is 0 Å². The van der Waals surface area contributed by atoms with Gasteiger partial charge in [-0.3, -0.25) is 0 Å². The minimum atomic E-state index is 0.587. The van der Waals surface area contributed by atoms with Crippen LogP contribution in [-0.4, -0.2) is 16.1 Å². The van der Waals surface area contributed by atoms with E-state index in [0.717, 1.165) is 5.25 Å². The Morgan fingerprint density at radius 1 is 0.704 bits per heavy atom. The van der Waals surface area contributed by atoms with Crippen LogP contribution in [0.25, 0.3) is 0 Å². The number of hydrogen-bond donors (Lipinski definition) is 1. The Morgan fingerprint density at radius 2 is 1.11 bits per heavy atom. The van der Waals surface area contributed by atoms with Crippen LogP contribution in [0.15, 0.2) is 12.1 Å². The van der Waals surface area contributed by atoms with Crippen molar-refractivity contribution < 1.29 is 5.11 Å². The highest BCUT2D eigenvalue weighted by atomic mass is 32.2. The zero-order valence-corrected chi connectivity index (χ0v) is 17.9. The number of thioether (sulfide) groups is 1. The third-order valence-electron chi connectivity index (χ3n) is 7.18. The normalized spacial score (nSPS) is 26.0. The van der Waals surface area contributed by atoms with Gasteiger partial charge in [-0.15, -0.1) is 0 Å². The van der Waals surface area contributed by atoms with E-state index < -0.39 is 0 Å². The molecule has 3 fully saturated rings. The lowest BCUT2D eigenvalue weighted by molar-refractivity contribution is 0.403. The molecule has 27 heavy (non-hydrogen) atoms. The second-order valence-corrected chi connectivity index (χ2v) is 10.7. The Labute approximate surface area is 170 Å². The summed E-state index contributed by atoms with van der Waals surface area (Å²) in [6, 6.07) is 4.82. The summed E-state index contributed by atoms with van der Waals surface area (Å²) in [5, 5.41) is 12.2. The van der Waals surface area contributed by atoms with Crippen LogP contribution in [0.2, 0.25) is 0 Å². The van der Waals surface area contributed by atoms with Crippen molar-refractivity contribution in [2.24, 2.45) is 0 Å². The summed E-state index contributed by atoms with van der Waals surface area (Å²) in [6.07, 6.45) is 20.0. The van der Waals surface area contributed by atoms with Crippen molar-refractivity contribution in [1.82, 2.24) is 0 Å². The molecule has 1 nitrogen and oxygen atoms in total. The summed E-state index contributed by atoms with van der Waals surface area (Å²) in [5.41, 5.74) is 4.14. The molecule has 1 N–H and O–H groups in total. The summed E-state index contributed by atoms with van der Waals surface area (Å²) in [5.74, 6) is 3.20. The summed E-state index contributed by atoms with van der Waals surface area (Å²) >= 11 is 2.10. The molecule has 4 rings (SSSR count). The number of aromatic hydroxyl groups is 1. The fourth-order valence-electron chi connectivity index (χ4n) is 5.47. The third-order valence-corrected chi connectivity index (χ3v) is 8.16. The molecule has 150 valence electrons. The minimum Gasteiger partial charge on any atom is -0.507 e. The first-order valence-electron chi connectivity index (χ1n) is 11.8. The standard InChI is InChI=1S/C25H38OS/c26-25-23(20-11-7-3-1-4-8-12-20)16-19(15-22-18-27-22)17-24(25)21-13-9-5-2-6-10-14-21/h16-17,20-22,26H,1-15,18H2. The summed E-state index contributed by atoms with van der Waals surface area (Å²) in [4.78, 5) is 0. The SMILES string of the molecule is Oc1c(C2CCCCCCC2)cc(CC2CS2)cc1C1CCCCCCC1. The van der Waals surface area contributed by atoms with Crippen molar-refractivity contribution in [3.8, 4) is 5.75 Å². The fourth-order valence-corrected chi connectivity index (χ4v) is 6.03. The molecule has 2 aliphatic carbocycles. The van der Waals surface area contributed by atoms with E-state index in [1.54, 1.807) is 0 Å². The van der Waals surface area contributed by atoms with E-state index in [1.807, 2.05) is 0 Å². The van der Waals surface area contributed by atoms with Crippen LogP contribution >= 0.6 is 11.8 Å². The highest BCUT2D eigenvalue weighted by Crippen LogP contribution is 2.44. The highest BCUT2D eigenvalue weighted by molar-refractivity contribution is 8.06. The summed E-state index contributed by atoms with van der Waals surface area (Å²) in [7, 11) is 0. The predicted molar refractivity (Wildman–Crippen MR) is 118 cm³/mol. The number of hydrogen-bond acceptors (Lipinski definition) is 2. The Bertz CT molecular complexity index is 547. The van der Waals surface area contributed by atoms with Crippen molar-refractivity contribution in [1.29, 1.82) is 0 Å². The van der Waals surface area contributed by atoms with Crippen molar-refractivity contribution in [2.75, 3.05) is 5.75 Å². The van der Waals surface area contributed by atoms with E-state index >= 15 is 0 Å². The van der Waals surface area contributed by atoms with E-state index in [0.29, 0.717) is 17.6 Å². The highest BCUT2D eigenvalue weighted by Gasteiger charge is 2.27. The van der Waals surface area contributed by atoms with Gasteiger partial charge in [0.05, 0.1) is 0 Å². The Morgan fingerprint density at radius 3 is 1.52 bits per heavy atom. The summed E-state index contributed by atoms with van der Waals surface area (Å²) in [6.45, 7) is 0. The fraction of sp³-hybridized carbons (Fsp3) is 0.760. The van der Waals surface area contributed by atoms with E-state index in [2.05, 4.69) is 23.9 Å². The maximum Gasteiger partial charge on any atom is 0.122 e. The largest absolute Gasteiger partial charge is 0.507 e. The smallest absolute Gasteiger partial charge is 0.122 e. The molecule has 3 aliphatic rings. The first-order valence-corrected chi connectivity index (χ1v) is 12.8. The second-order valence-electron chi connectivity index (χ2n) is 9.37. The van der Waals surface area contributed by atoms with Crippen molar-refractivity contribution in [3.63, 3.8) is 0 Å². The zero-order valence-electron chi connectivity index (χ0n) is 17.1. The lowest BCUT2D eigenvalue weighted by Gasteiger charge is -2.27. The second kappa shape index (κ2) is 9.72.